The molecular weight excluding hydrogens is 224 g/mol. The summed E-state index contributed by atoms with van der Waals surface area (Å²) in [5, 5.41) is 1.12. The number of nitrogens with zero attached hydrogens (tertiary/aromatic N) is 1. The van der Waals surface area contributed by atoms with Gasteiger partial charge in [0.05, 0.1) is 6.61 Å². The lowest BCUT2D eigenvalue weighted by molar-refractivity contribution is 0.305. The van der Waals surface area contributed by atoms with Crippen molar-refractivity contribution < 1.29 is 4.74 Å². The van der Waals surface area contributed by atoms with E-state index < -0.39 is 0 Å². The number of aryl methyl sites for hydroxylation is 1. The van der Waals surface area contributed by atoms with Crippen LogP contribution in [-0.2, 0) is 0 Å². The Kier molecular flexibility index (Phi) is 4.15. The van der Waals surface area contributed by atoms with Gasteiger partial charge in [-0.25, -0.2) is 4.98 Å². The number of hydrogen-bond acceptors (Lipinski definition) is 3. The van der Waals surface area contributed by atoms with Crippen LogP contribution in [0.3, 0.4) is 0 Å². The first-order valence-corrected chi connectivity index (χ1v) is 6.41. The molecule has 1 atom stereocenters. The summed E-state index contributed by atoms with van der Waals surface area (Å²) >= 11 is 0. The van der Waals surface area contributed by atoms with Crippen LogP contribution in [0.15, 0.2) is 30.3 Å². The Morgan fingerprint density at radius 3 is 2.89 bits per heavy atom. The van der Waals surface area contributed by atoms with Gasteiger partial charge in [-0.3, -0.25) is 0 Å². The third-order valence-electron chi connectivity index (χ3n) is 2.88. The van der Waals surface area contributed by atoms with Gasteiger partial charge < -0.3 is 10.5 Å². The van der Waals surface area contributed by atoms with Crippen LogP contribution in [0, 0.1) is 6.92 Å². The number of aromatic nitrogens is 1. The molecule has 0 amide bonds. The first-order chi connectivity index (χ1) is 8.66. The highest BCUT2D eigenvalue weighted by Gasteiger charge is 2.04. The number of pyridine rings is 1. The molecule has 0 radical (unpaired) electrons. The van der Waals surface area contributed by atoms with Crippen molar-refractivity contribution in [3.8, 4) is 5.75 Å². The molecule has 0 aliphatic carbocycles. The molecule has 1 aromatic carbocycles. The van der Waals surface area contributed by atoms with Crippen molar-refractivity contribution in [3.63, 3.8) is 0 Å². The second-order valence-electron chi connectivity index (χ2n) is 4.75. The van der Waals surface area contributed by atoms with E-state index in [1.165, 1.54) is 0 Å². The molecule has 0 spiro atoms. The molecule has 2 rings (SSSR count). The number of rotatable bonds is 5. The molecule has 96 valence electrons. The van der Waals surface area contributed by atoms with E-state index in [4.69, 9.17) is 10.5 Å². The van der Waals surface area contributed by atoms with Gasteiger partial charge in [0.25, 0.3) is 0 Å². The lowest BCUT2D eigenvalue weighted by Gasteiger charge is -2.10. The van der Waals surface area contributed by atoms with E-state index in [-0.39, 0.29) is 6.04 Å². The van der Waals surface area contributed by atoms with E-state index in [1.807, 2.05) is 32.0 Å². The molecule has 2 aromatic rings. The number of para-hydroxylation sites is 1. The summed E-state index contributed by atoms with van der Waals surface area (Å²) in [6, 6.07) is 10.4. The molecule has 0 aliphatic heterocycles. The van der Waals surface area contributed by atoms with E-state index >= 15 is 0 Å². The fourth-order valence-corrected chi connectivity index (χ4v) is 1.92. The molecule has 1 unspecified atom stereocenters. The maximum Gasteiger partial charge on any atom is 0.145 e. The van der Waals surface area contributed by atoms with Gasteiger partial charge in [0.15, 0.2) is 0 Å². The highest BCUT2D eigenvalue weighted by molar-refractivity contribution is 5.84. The summed E-state index contributed by atoms with van der Waals surface area (Å²) in [7, 11) is 0. The molecule has 1 aromatic heterocycles. The van der Waals surface area contributed by atoms with Crippen LogP contribution >= 0.6 is 0 Å². The maximum absolute atomic E-state index is 5.81. The zero-order chi connectivity index (χ0) is 13.0. The third-order valence-corrected chi connectivity index (χ3v) is 2.88. The van der Waals surface area contributed by atoms with Crippen LogP contribution in [0.5, 0.6) is 5.75 Å². The van der Waals surface area contributed by atoms with Crippen molar-refractivity contribution in [2.75, 3.05) is 6.61 Å². The Hall–Kier alpha value is -1.61. The summed E-state index contributed by atoms with van der Waals surface area (Å²) in [5.74, 6) is 0.862. The second kappa shape index (κ2) is 5.83. The van der Waals surface area contributed by atoms with Crippen molar-refractivity contribution in [3.05, 3.63) is 36.0 Å². The lowest BCUT2D eigenvalue weighted by Crippen LogP contribution is -2.15. The Morgan fingerprint density at radius 1 is 1.28 bits per heavy atom. The van der Waals surface area contributed by atoms with E-state index in [1.54, 1.807) is 0 Å². The van der Waals surface area contributed by atoms with Crippen molar-refractivity contribution >= 4 is 10.9 Å². The predicted octanol–water partition coefficient (Wildman–Crippen LogP) is 3.05. The van der Waals surface area contributed by atoms with Gasteiger partial charge in [-0.05, 0) is 38.8 Å². The fraction of sp³-hybridized carbons (Fsp3) is 0.400. The second-order valence-corrected chi connectivity index (χ2v) is 4.75. The van der Waals surface area contributed by atoms with Crippen LogP contribution in [0.25, 0.3) is 10.9 Å². The molecule has 3 nitrogen and oxygen atoms in total. The molecule has 1 heterocycles. The van der Waals surface area contributed by atoms with Gasteiger partial charge >= 0.3 is 0 Å². The largest absolute Gasteiger partial charge is 0.491 e. The minimum atomic E-state index is 0.237. The normalized spacial score (nSPS) is 12.6. The van der Waals surface area contributed by atoms with Gasteiger partial charge in [-0.2, -0.15) is 0 Å². The summed E-state index contributed by atoms with van der Waals surface area (Å²) in [4.78, 5) is 4.54. The summed E-state index contributed by atoms with van der Waals surface area (Å²) < 4.78 is 5.81. The van der Waals surface area contributed by atoms with Crippen molar-refractivity contribution in [1.29, 1.82) is 0 Å². The van der Waals surface area contributed by atoms with Crippen LogP contribution in [-0.4, -0.2) is 17.6 Å². The van der Waals surface area contributed by atoms with Crippen LogP contribution in [0.4, 0.5) is 0 Å². The van der Waals surface area contributed by atoms with Gasteiger partial charge in [-0.1, -0.05) is 18.2 Å². The maximum atomic E-state index is 5.81. The summed E-state index contributed by atoms with van der Waals surface area (Å²) in [6.45, 7) is 4.70. The molecule has 3 heteroatoms. The van der Waals surface area contributed by atoms with Gasteiger partial charge in [-0.15, -0.1) is 0 Å². The zero-order valence-electron chi connectivity index (χ0n) is 11.0. The molecule has 0 saturated heterocycles. The molecule has 0 bridgehead atoms. The summed E-state index contributed by atoms with van der Waals surface area (Å²) in [5.41, 5.74) is 7.67. The molecule has 18 heavy (non-hydrogen) atoms. The Balaban J connectivity index is 2.10. The highest BCUT2D eigenvalue weighted by atomic mass is 16.5. The van der Waals surface area contributed by atoms with Gasteiger partial charge in [0.2, 0.25) is 0 Å². The number of hydrogen-bond donors (Lipinski definition) is 1. The standard InChI is InChI=1S/C15H20N2O/c1-11(16)5-4-10-18-14-7-3-6-13-9-8-12(2)17-15(13)14/h3,6-9,11H,4-5,10,16H2,1-2H3. The van der Waals surface area contributed by atoms with E-state index in [0.717, 1.165) is 35.2 Å². The predicted molar refractivity (Wildman–Crippen MR) is 74.9 cm³/mol. The quantitative estimate of drug-likeness (QED) is 0.822. The van der Waals surface area contributed by atoms with Crippen LogP contribution in [0.2, 0.25) is 0 Å². The SMILES string of the molecule is Cc1ccc2cccc(OCCCC(C)N)c2n1. The van der Waals surface area contributed by atoms with E-state index in [0.29, 0.717) is 6.61 Å². The highest BCUT2D eigenvalue weighted by Crippen LogP contribution is 2.24. The number of fused-ring (bicyclic) bond motifs is 1. The molecule has 0 fully saturated rings. The van der Waals surface area contributed by atoms with E-state index in [9.17, 15) is 0 Å². The Morgan fingerprint density at radius 2 is 2.11 bits per heavy atom. The third kappa shape index (κ3) is 3.20. The average molecular weight is 244 g/mol. The Labute approximate surface area is 108 Å². The van der Waals surface area contributed by atoms with Gasteiger partial charge in [0.1, 0.15) is 11.3 Å². The minimum absolute atomic E-state index is 0.237. The Bertz CT molecular complexity index is 523. The minimum Gasteiger partial charge on any atom is -0.491 e. The fourth-order valence-electron chi connectivity index (χ4n) is 1.92. The van der Waals surface area contributed by atoms with E-state index in [2.05, 4.69) is 17.1 Å². The molecule has 0 aliphatic rings. The monoisotopic (exact) mass is 244 g/mol. The number of benzene rings is 1. The zero-order valence-corrected chi connectivity index (χ0v) is 11.0. The summed E-state index contributed by atoms with van der Waals surface area (Å²) in [6.07, 6.45) is 1.96. The van der Waals surface area contributed by atoms with Crippen molar-refractivity contribution in [2.24, 2.45) is 5.73 Å². The first kappa shape index (κ1) is 12.8. The average Bonchev–Trinajstić information content (AvgIpc) is 2.34. The molecule has 0 saturated carbocycles. The van der Waals surface area contributed by atoms with Crippen LogP contribution < -0.4 is 10.5 Å². The van der Waals surface area contributed by atoms with Gasteiger partial charge in [0, 0.05) is 17.1 Å². The molecule has 2 N–H and O–H groups in total. The molecular formula is C15H20N2O. The smallest absolute Gasteiger partial charge is 0.145 e. The van der Waals surface area contributed by atoms with Crippen molar-refractivity contribution in [1.82, 2.24) is 4.98 Å². The number of nitrogens with two attached hydrogens (primary N) is 1. The van der Waals surface area contributed by atoms with Crippen molar-refractivity contribution in [2.45, 2.75) is 32.7 Å². The van der Waals surface area contributed by atoms with Crippen LogP contribution in [0.1, 0.15) is 25.5 Å². The first-order valence-electron chi connectivity index (χ1n) is 6.41. The lowest BCUT2D eigenvalue weighted by atomic mass is 10.2. The topological polar surface area (TPSA) is 48.1 Å². The number of ether oxygens (including phenoxy) is 1.